The molecule has 0 bridgehead atoms. The van der Waals surface area contributed by atoms with Crippen LogP contribution in [0.4, 0.5) is 21.9 Å². The van der Waals surface area contributed by atoms with Crippen LogP contribution >= 0.6 is 11.3 Å². The number of nitrogens with zero attached hydrogens (tertiary/aromatic N) is 2. The predicted molar refractivity (Wildman–Crippen MR) is 151 cm³/mol. The highest BCUT2D eigenvalue weighted by molar-refractivity contribution is 7.21. The summed E-state index contributed by atoms with van der Waals surface area (Å²) in [7, 11) is 0. The first-order chi connectivity index (χ1) is 19.0. The molecule has 2 aromatic carbocycles. The first-order valence-electron chi connectivity index (χ1n) is 12.9. The van der Waals surface area contributed by atoms with Crippen LogP contribution in [-0.4, -0.2) is 35.4 Å². The van der Waals surface area contributed by atoms with E-state index < -0.39 is 0 Å². The van der Waals surface area contributed by atoms with Crippen LogP contribution in [0.15, 0.2) is 60.8 Å². The Bertz CT molecular complexity index is 1570. The maximum absolute atomic E-state index is 13.5. The molecule has 2 aromatic heterocycles. The van der Waals surface area contributed by atoms with Gasteiger partial charge in [-0.1, -0.05) is 31.0 Å². The van der Waals surface area contributed by atoms with E-state index >= 15 is 0 Å². The number of anilines is 3. The SMILES string of the molecule is Cc1cc(Oc2ccccc2)ccc1N1C(=O)Nc2c(C(=O)NC3CCCC[C@@H]3NC=O)sc3nccc1c23. The summed E-state index contributed by atoms with van der Waals surface area (Å²) in [4.78, 5) is 45.2. The Morgan fingerprint density at radius 3 is 2.64 bits per heavy atom. The molecule has 4 aromatic rings. The van der Waals surface area contributed by atoms with Gasteiger partial charge < -0.3 is 20.7 Å². The Hall–Kier alpha value is -4.44. The zero-order valence-electron chi connectivity index (χ0n) is 21.3. The van der Waals surface area contributed by atoms with Crippen molar-refractivity contribution >= 4 is 57.0 Å². The fourth-order valence-electron chi connectivity index (χ4n) is 5.37. The minimum Gasteiger partial charge on any atom is -0.457 e. The molecule has 0 radical (unpaired) electrons. The molecule has 6 rings (SSSR count). The number of carbonyl (C=O) groups is 3. The van der Waals surface area contributed by atoms with Crippen LogP contribution in [0, 0.1) is 6.92 Å². The lowest BCUT2D eigenvalue weighted by Crippen LogP contribution is -2.51. The normalized spacial score (nSPS) is 18.4. The van der Waals surface area contributed by atoms with Gasteiger partial charge >= 0.3 is 6.03 Å². The number of carbonyl (C=O) groups excluding carboxylic acids is 3. The molecule has 1 fully saturated rings. The number of nitrogens with one attached hydrogen (secondary N) is 3. The van der Waals surface area contributed by atoms with Crippen LogP contribution in [0.1, 0.15) is 40.9 Å². The second-order valence-electron chi connectivity index (χ2n) is 9.70. The highest BCUT2D eigenvalue weighted by Crippen LogP contribution is 2.46. The lowest BCUT2D eigenvalue weighted by atomic mass is 9.90. The standard InChI is InChI=1S/C29H27N5O4S/c1-17-15-19(38-18-7-3-2-4-8-18)11-12-22(17)34-23-13-14-30-28-24(23)25(33-29(34)37)26(39-28)27(36)32-21-10-6-5-9-20(21)31-16-35/h2-4,7-8,11-16,20-21H,5-6,9-10H2,1H3,(H,31,35)(H,32,36)(H,33,37)/t20-,21?/m0/s1. The van der Waals surface area contributed by atoms with E-state index in [1.165, 1.54) is 11.3 Å². The molecule has 10 heteroatoms. The van der Waals surface area contributed by atoms with Gasteiger partial charge in [-0.15, -0.1) is 11.3 Å². The number of para-hydroxylation sites is 1. The molecule has 39 heavy (non-hydrogen) atoms. The van der Waals surface area contributed by atoms with E-state index in [1.54, 1.807) is 17.2 Å². The Morgan fingerprint density at radius 1 is 1.08 bits per heavy atom. The van der Waals surface area contributed by atoms with Crippen molar-refractivity contribution in [1.29, 1.82) is 0 Å². The van der Waals surface area contributed by atoms with Crippen LogP contribution in [0.25, 0.3) is 10.2 Å². The smallest absolute Gasteiger partial charge is 0.331 e. The summed E-state index contributed by atoms with van der Waals surface area (Å²) in [6.45, 7) is 1.93. The van der Waals surface area contributed by atoms with E-state index in [-0.39, 0.29) is 24.0 Å². The monoisotopic (exact) mass is 541 g/mol. The number of ether oxygens (including phenoxy) is 1. The van der Waals surface area contributed by atoms with E-state index in [4.69, 9.17) is 4.74 Å². The minimum atomic E-state index is -0.361. The number of aromatic nitrogens is 1. The first kappa shape index (κ1) is 24.9. The van der Waals surface area contributed by atoms with Crippen LogP contribution in [0.2, 0.25) is 0 Å². The molecule has 0 saturated heterocycles. The molecule has 4 amide bonds. The zero-order chi connectivity index (χ0) is 26.9. The summed E-state index contributed by atoms with van der Waals surface area (Å²) < 4.78 is 5.96. The van der Waals surface area contributed by atoms with Crippen molar-refractivity contribution in [3.05, 3.63) is 71.2 Å². The second-order valence-corrected chi connectivity index (χ2v) is 10.7. The Balaban J connectivity index is 1.32. The molecule has 1 saturated carbocycles. The van der Waals surface area contributed by atoms with Crippen molar-refractivity contribution in [3.8, 4) is 11.5 Å². The maximum Gasteiger partial charge on any atom is 0.331 e. The van der Waals surface area contributed by atoms with Crippen molar-refractivity contribution in [3.63, 3.8) is 0 Å². The van der Waals surface area contributed by atoms with Gasteiger partial charge in [0, 0.05) is 18.3 Å². The molecule has 9 nitrogen and oxygen atoms in total. The quantitative estimate of drug-likeness (QED) is 0.254. The van der Waals surface area contributed by atoms with Gasteiger partial charge in [0.15, 0.2) is 0 Å². The number of aryl methyl sites for hydroxylation is 1. The van der Waals surface area contributed by atoms with Crippen molar-refractivity contribution in [1.82, 2.24) is 15.6 Å². The predicted octanol–water partition coefficient (Wildman–Crippen LogP) is 5.87. The van der Waals surface area contributed by atoms with Gasteiger partial charge in [0.05, 0.1) is 22.4 Å². The average Bonchev–Trinajstić information content (AvgIpc) is 3.31. The number of hydrogen-bond donors (Lipinski definition) is 3. The summed E-state index contributed by atoms with van der Waals surface area (Å²) in [6, 6.07) is 16.2. The fraction of sp³-hybridized carbons (Fsp3) is 0.241. The summed E-state index contributed by atoms with van der Waals surface area (Å²) in [6.07, 6.45) is 5.92. The van der Waals surface area contributed by atoms with E-state index in [2.05, 4.69) is 20.9 Å². The van der Waals surface area contributed by atoms with Crippen molar-refractivity contribution in [2.45, 2.75) is 44.7 Å². The Labute approximate surface area is 229 Å². The lowest BCUT2D eigenvalue weighted by molar-refractivity contribution is -0.110. The van der Waals surface area contributed by atoms with Crippen LogP contribution in [0.5, 0.6) is 11.5 Å². The summed E-state index contributed by atoms with van der Waals surface area (Å²) in [5.74, 6) is 1.11. The molecule has 1 aliphatic carbocycles. The van der Waals surface area contributed by atoms with Gasteiger partial charge in [-0.3, -0.25) is 14.5 Å². The third-order valence-corrected chi connectivity index (χ3v) is 8.30. The van der Waals surface area contributed by atoms with Gasteiger partial charge in [0.2, 0.25) is 6.41 Å². The summed E-state index contributed by atoms with van der Waals surface area (Å²) in [5, 5.41) is 9.59. The minimum absolute atomic E-state index is 0.110. The largest absolute Gasteiger partial charge is 0.457 e. The van der Waals surface area contributed by atoms with Gasteiger partial charge in [0.1, 0.15) is 21.2 Å². The Kier molecular flexibility index (Phi) is 6.62. The van der Waals surface area contributed by atoms with Crippen LogP contribution < -0.4 is 25.6 Å². The number of benzene rings is 2. The topological polar surface area (TPSA) is 113 Å². The summed E-state index contributed by atoms with van der Waals surface area (Å²) >= 11 is 1.25. The second kappa shape index (κ2) is 10.4. The van der Waals surface area contributed by atoms with Crippen LogP contribution in [-0.2, 0) is 4.79 Å². The molecular weight excluding hydrogens is 514 g/mol. The van der Waals surface area contributed by atoms with Gasteiger partial charge in [-0.05, 0) is 61.7 Å². The molecular formula is C29H27N5O4S. The zero-order valence-corrected chi connectivity index (χ0v) is 22.1. The average molecular weight is 542 g/mol. The van der Waals surface area contributed by atoms with Gasteiger partial charge in [0.25, 0.3) is 5.91 Å². The molecule has 3 heterocycles. The summed E-state index contributed by atoms with van der Waals surface area (Å²) in [5.41, 5.74) is 2.68. The third-order valence-electron chi connectivity index (χ3n) is 7.20. The van der Waals surface area contributed by atoms with Crippen molar-refractivity contribution < 1.29 is 19.1 Å². The van der Waals surface area contributed by atoms with Crippen molar-refractivity contribution in [2.75, 3.05) is 10.2 Å². The fourth-order valence-corrected chi connectivity index (χ4v) is 6.40. The van der Waals surface area contributed by atoms with E-state index in [9.17, 15) is 14.4 Å². The van der Waals surface area contributed by atoms with Gasteiger partial charge in [-0.2, -0.15) is 0 Å². The molecule has 198 valence electrons. The molecule has 2 aliphatic rings. The third kappa shape index (κ3) is 4.67. The highest BCUT2D eigenvalue weighted by Gasteiger charge is 2.34. The van der Waals surface area contributed by atoms with E-state index in [1.807, 2.05) is 55.5 Å². The number of thiophene rings is 1. The number of hydrogen-bond acceptors (Lipinski definition) is 6. The molecule has 2 atom stereocenters. The van der Waals surface area contributed by atoms with E-state index in [0.717, 1.165) is 42.4 Å². The highest BCUT2D eigenvalue weighted by atomic mass is 32.1. The first-order valence-corrected chi connectivity index (χ1v) is 13.7. The molecule has 1 aliphatic heterocycles. The molecule has 0 spiro atoms. The molecule has 3 N–H and O–H groups in total. The van der Waals surface area contributed by atoms with Crippen molar-refractivity contribution in [2.24, 2.45) is 0 Å². The number of rotatable bonds is 7. The lowest BCUT2D eigenvalue weighted by Gasteiger charge is -2.32. The number of amides is 4. The van der Waals surface area contributed by atoms with E-state index in [0.29, 0.717) is 38.9 Å². The Morgan fingerprint density at radius 2 is 1.87 bits per heavy atom. The maximum atomic E-state index is 13.5. The van der Waals surface area contributed by atoms with Crippen LogP contribution in [0.3, 0.4) is 0 Å². The molecule has 1 unspecified atom stereocenters. The van der Waals surface area contributed by atoms with Gasteiger partial charge in [-0.25, -0.2) is 9.78 Å². The number of urea groups is 1. The number of pyridine rings is 1.